The third-order valence-electron chi connectivity index (χ3n) is 3.53. The van der Waals surface area contributed by atoms with Gasteiger partial charge in [-0.15, -0.1) is 0 Å². The number of nitrogens with zero attached hydrogens (tertiary/aromatic N) is 2. The molecule has 1 saturated heterocycles. The summed E-state index contributed by atoms with van der Waals surface area (Å²) in [5.74, 6) is 0. The zero-order chi connectivity index (χ0) is 13.1. The fourth-order valence-corrected chi connectivity index (χ4v) is 4.43. The first kappa shape index (κ1) is 13.1. The molecule has 2 aromatic rings. The molecule has 102 valence electrons. The fourth-order valence-electron chi connectivity index (χ4n) is 2.50. The molecule has 4 nitrogen and oxygen atoms in total. The van der Waals surface area contributed by atoms with Gasteiger partial charge in [-0.05, 0) is 0 Å². The molecule has 5 heteroatoms. The van der Waals surface area contributed by atoms with Crippen LogP contribution in [0.5, 0.6) is 0 Å². The van der Waals surface area contributed by atoms with Gasteiger partial charge in [-0.3, -0.25) is 0 Å². The quantitative estimate of drug-likeness (QED) is 0.779. The molecule has 0 aliphatic carbocycles. The van der Waals surface area contributed by atoms with Gasteiger partial charge in [0, 0.05) is 0 Å². The van der Waals surface area contributed by atoms with Gasteiger partial charge >= 0.3 is 118 Å². The van der Waals surface area contributed by atoms with Gasteiger partial charge < -0.3 is 0 Å². The topological polar surface area (TPSA) is 34.5 Å². The fraction of sp³-hybridized carbons (Fsp3) is 0.500. The van der Waals surface area contributed by atoms with Crippen LogP contribution in [0.1, 0.15) is 6.42 Å². The number of morpholine rings is 1. The summed E-state index contributed by atoms with van der Waals surface area (Å²) < 4.78 is 8.84. The van der Waals surface area contributed by atoms with Crippen molar-refractivity contribution in [3.05, 3.63) is 33.5 Å². The van der Waals surface area contributed by atoms with E-state index in [1.54, 1.807) is 0 Å². The number of aromatic nitrogens is 1. The average Bonchev–Trinajstić information content (AvgIpc) is 2.76. The van der Waals surface area contributed by atoms with Crippen LogP contribution >= 0.6 is 0 Å². The summed E-state index contributed by atoms with van der Waals surface area (Å²) in [7, 11) is 0. The van der Waals surface area contributed by atoms with E-state index in [0.29, 0.717) is 4.43 Å². The molecule has 1 aromatic heterocycles. The van der Waals surface area contributed by atoms with Crippen molar-refractivity contribution < 1.29 is 4.74 Å². The third-order valence-corrected chi connectivity index (χ3v) is 5.55. The zero-order valence-corrected chi connectivity index (χ0v) is 12.6. The van der Waals surface area contributed by atoms with Crippen LogP contribution in [0.15, 0.2) is 29.1 Å². The molecule has 0 saturated carbocycles. The molecule has 3 rings (SSSR count). The molecule has 0 radical (unpaired) electrons. The van der Waals surface area contributed by atoms with E-state index in [0.717, 1.165) is 51.3 Å². The van der Waals surface area contributed by atoms with Gasteiger partial charge in [0.1, 0.15) is 0 Å². The summed E-state index contributed by atoms with van der Waals surface area (Å²) in [5.41, 5.74) is 1.13. The van der Waals surface area contributed by atoms with E-state index in [1.807, 2.05) is 16.7 Å². The molecule has 19 heavy (non-hydrogen) atoms. The number of para-hydroxylation sites is 1. The van der Waals surface area contributed by atoms with E-state index in [-0.39, 0.29) is 14.5 Å². The predicted octanol–water partition coefficient (Wildman–Crippen LogP) is 0.781. The van der Waals surface area contributed by atoms with E-state index in [1.165, 1.54) is 4.26 Å². The number of rotatable bonds is 4. The van der Waals surface area contributed by atoms with E-state index < -0.39 is 0 Å². The van der Waals surface area contributed by atoms with Gasteiger partial charge in [-0.1, -0.05) is 0 Å². The van der Waals surface area contributed by atoms with Crippen LogP contribution in [0.25, 0.3) is 9.78 Å². The summed E-state index contributed by atoms with van der Waals surface area (Å²) in [6.45, 7) is 5.63. The second-order valence-electron chi connectivity index (χ2n) is 4.79. The van der Waals surface area contributed by atoms with Crippen molar-refractivity contribution in [3.63, 3.8) is 0 Å². The Balaban J connectivity index is 1.65. The first-order chi connectivity index (χ1) is 9.34. The molecular formula is C14H18N2O2Se. The Morgan fingerprint density at radius 3 is 2.79 bits per heavy atom. The van der Waals surface area contributed by atoms with Crippen molar-refractivity contribution in [2.24, 2.45) is 0 Å². The first-order valence-electron chi connectivity index (χ1n) is 6.73. The number of hydrogen-bond acceptors (Lipinski definition) is 3. The van der Waals surface area contributed by atoms with Crippen molar-refractivity contribution in [1.82, 2.24) is 9.47 Å². The Hall–Kier alpha value is -0.871. The van der Waals surface area contributed by atoms with E-state index in [2.05, 4.69) is 17.0 Å². The van der Waals surface area contributed by atoms with Crippen LogP contribution in [0.3, 0.4) is 0 Å². The average molecular weight is 325 g/mol. The molecule has 2 heterocycles. The number of hydrogen-bond donors (Lipinski definition) is 0. The van der Waals surface area contributed by atoms with E-state index >= 15 is 0 Å². The summed E-state index contributed by atoms with van der Waals surface area (Å²) in [4.78, 5) is 14.5. The van der Waals surface area contributed by atoms with Gasteiger partial charge in [0.2, 0.25) is 0 Å². The van der Waals surface area contributed by atoms with Gasteiger partial charge in [0.25, 0.3) is 0 Å². The van der Waals surface area contributed by atoms with E-state index in [9.17, 15) is 4.79 Å². The van der Waals surface area contributed by atoms with Crippen LogP contribution in [0.2, 0.25) is 0 Å². The Morgan fingerprint density at radius 1 is 1.16 bits per heavy atom. The van der Waals surface area contributed by atoms with Crippen LogP contribution in [0, 0.1) is 0 Å². The molecule has 0 bridgehead atoms. The monoisotopic (exact) mass is 326 g/mol. The number of aryl methyl sites for hydroxylation is 1. The molecule has 1 aliphatic heterocycles. The summed E-state index contributed by atoms with van der Waals surface area (Å²) in [5, 5.41) is 0. The SMILES string of the molecule is O=c1[se]c2ccccc2n1CCCN1CCOCC1. The second kappa shape index (κ2) is 6.05. The standard InChI is InChI=1S/C14H18N2O2Se/c17-14-16(12-4-1-2-5-13(12)19-14)7-3-6-15-8-10-18-11-9-15/h1-2,4-5H,3,6-11H2. The number of ether oxygens (including phenoxy) is 1. The normalized spacial score (nSPS) is 17.1. The molecule has 0 N–H and O–H groups in total. The summed E-state index contributed by atoms with van der Waals surface area (Å²) in [6, 6.07) is 8.18. The molecule has 1 fully saturated rings. The molecule has 1 aliphatic rings. The van der Waals surface area contributed by atoms with Gasteiger partial charge in [0.15, 0.2) is 0 Å². The van der Waals surface area contributed by atoms with E-state index in [4.69, 9.17) is 4.74 Å². The van der Waals surface area contributed by atoms with Crippen LogP contribution in [-0.4, -0.2) is 56.8 Å². The van der Waals surface area contributed by atoms with Crippen LogP contribution in [0.4, 0.5) is 0 Å². The Labute approximate surface area is 118 Å². The minimum absolute atomic E-state index is 0.0183. The van der Waals surface area contributed by atoms with Crippen molar-refractivity contribution >= 4 is 24.3 Å². The number of fused-ring (bicyclic) bond motifs is 1. The number of benzene rings is 1. The van der Waals surface area contributed by atoms with Gasteiger partial charge in [-0.25, -0.2) is 0 Å². The van der Waals surface area contributed by atoms with Gasteiger partial charge in [0.05, 0.1) is 0 Å². The molecule has 0 spiro atoms. The van der Waals surface area contributed by atoms with Crippen LogP contribution in [-0.2, 0) is 11.3 Å². The molecule has 1 aromatic carbocycles. The predicted molar refractivity (Wildman–Crippen MR) is 77.0 cm³/mol. The maximum absolute atomic E-state index is 12.0. The second-order valence-corrected chi connectivity index (χ2v) is 6.88. The molecule has 0 amide bonds. The van der Waals surface area contributed by atoms with Crippen molar-refractivity contribution in [3.8, 4) is 0 Å². The van der Waals surface area contributed by atoms with Crippen molar-refractivity contribution in [2.75, 3.05) is 32.8 Å². The first-order valence-corrected chi connectivity index (χ1v) is 8.44. The Morgan fingerprint density at radius 2 is 1.95 bits per heavy atom. The molecular weight excluding hydrogens is 307 g/mol. The Kier molecular flexibility index (Phi) is 4.18. The van der Waals surface area contributed by atoms with Crippen LogP contribution < -0.4 is 4.43 Å². The Bertz CT molecular complexity index is 599. The summed E-state index contributed by atoms with van der Waals surface area (Å²) >= 11 is -0.0183. The maximum atomic E-state index is 12.0. The van der Waals surface area contributed by atoms with Crippen molar-refractivity contribution in [1.29, 1.82) is 0 Å². The zero-order valence-electron chi connectivity index (χ0n) is 10.9. The van der Waals surface area contributed by atoms with Crippen molar-refractivity contribution in [2.45, 2.75) is 13.0 Å². The molecule has 0 unspecified atom stereocenters. The summed E-state index contributed by atoms with van der Waals surface area (Å²) in [6.07, 6.45) is 1.04. The minimum atomic E-state index is -0.0183. The molecule has 0 atom stereocenters. The third kappa shape index (κ3) is 3.00. The van der Waals surface area contributed by atoms with Gasteiger partial charge in [-0.2, -0.15) is 0 Å².